The number of ether oxygens (including phenoxy) is 1. The number of rotatable bonds is 4. The number of hydrogen-bond acceptors (Lipinski definition) is 5. The fourth-order valence-electron chi connectivity index (χ4n) is 1.33. The van der Waals surface area contributed by atoms with Gasteiger partial charge in [-0.1, -0.05) is 0 Å². The Kier molecular flexibility index (Phi) is 4.08. The quantitative estimate of drug-likeness (QED) is 0.752. The SMILES string of the molecule is COc1c(NC(C)C(=O)N(C)C)nc[nH]c1=O. The summed E-state index contributed by atoms with van der Waals surface area (Å²) in [4.78, 5) is 30.8. The molecule has 0 aliphatic heterocycles. The van der Waals surface area contributed by atoms with E-state index >= 15 is 0 Å². The fourth-order valence-corrected chi connectivity index (χ4v) is 1.33. The van der Waals surface area contributed by atoms with E-state index < -0.39 is 11.6 Å². The van der Waals surface area contributed by atoms with E-state index in [4.69, 9.17) is 4.74 Å². The molecule has 0 aliphatic carbocycles. The summed E-state index contributed by atoms with van der Waals surface area (Å²) in [6, 6.07) is -0.492. The Morgan fingerprint density at radius 3 is 2.76 bits per heavy atom. The molecule has 1 atom stereocenters. The number of hydrogen-bond donors (Lipinski definition) is 2. The van der Waals surface area contributed by atoms with Gasteiger partial charge < -0.3 is 19.9 Å². The van der Waals surface area contributed by atoms with Gasteiger partial charge >= 0.3 is 0 Å². The lowest BCUT2D eigenvalue weighted by Gasteiger charge is -2.19. The normalized spacial score (nSPS) is 11.8. The molecular formula is C10H16N4O3. The third-order valence-corrected chi connectivity index (χ3v) is 2.18. The maximum atomic E-state index is 11.6. The minimum absolute atomic E-state index is 0.0610. The molecule has 0 aromatic carbocycles. The van der Waals surface area contributed by atoms with Crippen molar-refractivity contribution in [3.63, 3.8) is 0 Å². The highest BCUT2D eigenvalue weighted by atomic mass is 16.5. The first-order valence-electron chi connectivity index (χ1n) is 5.06. The van der Waals surface area contributed by atoms with Gasteiger partial charge in [-0.05, 0) is 6.92 Å². The van der Waals surface area contributed by atoms with Gasteiger partial charge in [-0.2, -0.15) is 0 Å². The van der Waals surface area contributed by atoms with E-state index in [1.807, 2.05) is 0 Å². The molecule has 0 bridgehead atoms. The molecule has 0 aliphatic rings. The van der Waals surface area contributed by atoms with Crippen molar-refractivity contribution in [2.45, 2.75) is 13.0 Å². The van der Waals surface area contributed by atoms with E-state index in [-0.39, 0.29) is 17.5 Å². The first-order chi connectivity index (χ1) is 7.97. The smallest absolute Gasteiger partial charge is 0.295 e. The molecule has 1 aromatic heterocycles. The number of anilines is 1. The zero-order valence-corrected chi connectivity index (χ0v) is 10.3. The van der Waals surface area contributed by atoms with Crippen LogP contribution in [0.3, 0.4) is 0 Å². The number of methoxy groups -OCH3 is 1. The van der Waals surface area contributed by atoms with Crippen LogP contribution in [0.5, 0.6) is 5.75 Å². The number of carbonyl (C=O) groups excluding carboxylic acids is 1. The Bertz CT molecular complexity index is 455. The van der Waals surface area contributed by atoms with Gasteiger partial charge in [-0.15, -0.1) is 0 Å². The Morgan fingerprint density at radius 2 is 2.24 bits per heavy atom. The van der Waals surface area contributed by atoms with Gasteiger partial charge in [0.15, 0.2) is 5.82 Å². The van der Waals surface area contributed by atoms with Crippen LogP contribution in [0, 0.1) is 0 Å². The van der Waals surface area contributed by atoms with E-state index in [0.717, 1.165) is 0 Å². The number of aromatic amines is 1. The molecule has 1 heterocycles. The van der Waals surface area contributed by atoms with Gasteiger partial charge in [0.05, 0.1) is 13.4 Å². The Labute approximate surface area is 98.8 Å². The molecule has 2 N–H and O–H groups in total. The second kappa shape index (κ2) is 5.33. The molecule has 7 nitrogen and oxygen atoms in total. The van der Waals surface area contributed by atoms with Crippen molar-refractivity contribution in [2.24, 2.45) is 0 Å². The number of nitrogens with one attached hydrogen (secondary N) is 2. The predicted molar refractivity (Wildman–Crippen MR) is 63.2 cm³/mol. The van der Waals surface area contributed by atoms with Gasteiger partial charge in [0.1, 0.15) is 6.04 Å². The highest BCUT2D eigenvalue weighted by molar-refractivity contribution is 5.83. The van der Waals surface area contributed by atoms with Crippen molar-refractivity contribution in [3.8, 4) is 5.75 Å². The minimum Gasteiger partial charge on any atom is -0.489 e. The second-order valence-corrected chi connectivity index (χ2v) is 3.71. The van der Waals surface area contributed by atoms with E-state index in [2.05, 4.69) is 15.3 Å². The Balaban J connectivity index is 2.92. The molecule has 0 saturated carbocycles. The third kappa shape index (κ3) is 2.96. The van der Waals surface area contributed by atoms with Gasteiger partial charge in [-0.3, -0.25) is 9.59 Å². The van der Waals surface area contributed by atoms with Crippen LogP contribution in [0.4, 0.5) is 5.82 Å². The van der Waals surface area contributed by atoms with Crippen LogP contribution >= 0.6 is 0 Å². The maximum Gasteiger partial charge on any atom is 0.295 e. The monoisotopic (exact) mass is 240 g/mol. The Hall–Kier alpha value is -2.05. The first kappa shape index (κ1) is 13.0. The zero-order chi connectivity index (χ0) is 13.0. The third-order valence-electron chi connectivity index (χ3n) is 2.18. The molecule has 7 heteroatoms. The van der Waals surface area contributed by atoms with Crippen LogP contribution in [-0.2, 0) is 4.79 Å². The molecule has 0 radical (unpaired) electrons. The van der Waals surface area contributed by atoms with E-state index in [1.165, 1.54) is 18.3 Å². The van der Waals surface area contributed by atoms with Crippen molar-refractivity contribution in [1.82, 2.24) is 14.9 Å². The molecule has 17 heavy (non-hydrogen) atoms. The molecule has 1 rings (SSSR count). The highest BCUT2D eigenvalue weighted by Crippen LogP contribution is 2.15. The number of likely N-dealkylation sites (N-methyl/N-ethyl adjacent to an activating group) is 1. The minimum atomic E-state index is -0.492. The van der Waals surface area contributed by atoms with Crippen molar-refractivity contribution in [2.75, 3.05) is 26.5 Å². The summed E-state index contributed by atoms with van der Waals surface area (Å²) in [5, 5.41) is 2.84. The standard InChI is InChI=1S/C10H16N4O3/c1-6(10(16)14(2)3)13-8-7(17-4)9(15)12-5-11-8/h5-6H,1-4H3,(H2,11,12,13,15). The summed E-state index contributed by atoms with van der Waals surface area (Å²) in [7, 11) is 4.68. The van der Waals surface area contributed by atoms with Crippen LogP contribution < -0.4 is 15.6 Å². The number of amides is 1. The van der Waals surface area contributed by atoms with Crippen molar-refractivity contribution >= 4 is 11.7 Å². The van der Waals surface area contributed by atoms with E-state index in [1.54, 1.807) is 21.0 Å². The van der Waals surface area contributed by atoms with Gasteiger partial charge in [-0.25, -0.2) is 4.98 Å². The average molecular weight is 240 g/mol. The molecule has 0 saturated heterocycles. The summed E-state index contributed by atoms with van der Waals surface area (Å²) in [5.74, 6) is 0.194. The summed E-state index contributed by atoms with van der Waals surface area (Å²) < 4.78 is 4.92. The average Bonchev–Trinajstić information content (AvgIpc) is 2.28. The van der Waals surface area contributed by atoms with Crippen LogP contribution in [-0.4, -0.2) is 48.0 Å². The number of aromatic nitrogens is 2. The van der Waals surface area contributed by atoms with Gasteiger partial charge in [0.25, 0.3) is 5.56 Å². The lowest BCUT2D eigenvalue weighted by atomic mass is 10.3. The molecular weight excluding hydrogens is 224 g/mol. The molecule has 1 amide bonds. The molecule has 94 valence electrons. The van der Waals surface area contributed by atoms with Gasteiger partial charge in [0, 0.05) is 14.1 Å². The van der Waals surface area contributed by atoms with Crippen molar-refractivity contribution in [3.05, 3.63) is 16.7 Å². The first-order valence-corrected chi connectivity index (χ1v) is 5.06. The predicted octanol–water partition coefficient (Wildman–Crippen LogP) is -0.333. The molecule has 1 unspecified atom stereocenters. The summed E-state index contributed by atoms with van der Waals surface area (Å²) >= 11 is 0. The largest absolute Gasteiger partial charge is 0.489 e. The van der Waals surface area contributed by atoms with Gasteiger partial charge in [0.2, 0.25) is 11.7 Å². The number of H-pyrrole nitrogens is 1. The summed E-state index contributed by atoms with van der Waals surface area (Å²) in [6.45, 7) is 1.69. The molecule has 1 aromatic rings. The lowest BCUT2D eigenvalue weighted by Crippen LogP contribution is -2.37. The number of carbonyl (C=O) groups is 1. The highest BCUT2D eigenvalue weighted by Gasteiger charge is 2.18. The van der Waals surface area contributed by atoms with Crippen LogP contribution in [0.2, 0.25) is 0 Å². The van der Waals surface area contributed by atoms with E-state index in [9.17, 15) is 9.59 Å². The second-order valence-electron chi connectivity index (χ2n) is 3.71. The lowest BCUT2D eigenvalue weighted by molar-refractivity contribution is -0.129. The Morgan fingerprint density at radius 1 is 1.59 bits per heavy atom. The summed E-state index contributed by atoms with van der Waals surface area (Å²) in [6.07, 6.45) is 1.25. The molecule has 0 spiro atoms. The van der Waals surface area contributed by atoms with Crippen LogP contribution in [0.1, 0.15) is 6.92 Å². The summed E-state index contributed by atoms with van der Waals surface area (Å²) in [5.41, 5.74) is -0.394. The van der Waals surface area contributed by atoms with Crippen LogP contribution in [0.25, 0.3) is 0 Å². The number of nitrogens with zero attached hydrogens (tertiary/aromatic N) is 2. The van der Waals surface area contributed by atoms with Crippen molar-refractivity contribution in [1.29, 1.82) is 0 Å². The zero-order valence-electron chi connectivity index (χ0n) is 10.3. The fraction of sp³-hybridized carbons (Fsp3) is 0.500. The molecule has 0 fully saturated rings. The maximum absolute atomic E-state index is 11.6. The van der Waals surface area contributed by atoms with Crippen molar-refractivity contribution < 1.29 is 9.53 Å². The van der Waals surface area contributed by atoms with Crippen LogP contribution in [0.15, 0.2) is 11.1 Å². The topological polar surface area (TPSA) is 87.3 Å². The van der Waals surface area contributed by atoms with E-state index in [0.29, 0.717) is 0 Å².